The van der Waals surface area contributed by atoms with Crippen molar-refractivity contribution in [3.05, 3.63) is 35.9 Å². The first-order valence-corrected chi connectivity index (χ1v) is 6.35. The monoisotopic (exact) mass is 244 g/mol. The standard InChI is InChI=1S/C14H16N2O2/c15-13-16-12(17)14(18-13)9-5-4-8-11(14)10-6-2-1-3-7-10/h1-3,6-7,11H,4-5,8-9H2,(H2,15,16,17). The van der Waals surface area contributed by atoms with E-state index in [9.17, 15) is 4.79 Å². The van der Waals surface area contributed by atoms with Gasteiger partial charge in [-0.1, -0.05) is 36.8 Å². The van der Waals surface area contributed by atoms with Crippen molar-refractivity contribution in [2.75, 3.05) is 0 Å². The summed E-state index contributed by atoms with van der Waals surface area (Å²) in [6.07, 6.45) is 3.74. The lowest BCUT2D eigenvalue weighted by Crippen LogP contribution is -2.46. The fraction of sp³-hybridized carbons (Fsp3) is 0.429. The molecule has 2 N–H and O–H groups in total. The van der Waals surface area contributed by atoms with Gasteiger partial charge < -0.3 is 10.5 Å². The fourth-order valence-corrected chi connectivity index (χ4v) is 3.09. The van der Waals surface area contributed by atoms with Crippen molar-refractivity contribution in [2.45, 2.75) is 37.2 Å². The van der Waals surface area contributed by atoms with Crippen LogP contribution in [-0.4, -0.2) is 17.5 Å². The number of hydrogen-bond donors (Lipinski definition) is 1. The molecule has 0 bridgehead atoms. The maximum absolute atomic E-state index is 12.2. The van der Waals surface area contributed by atoms with Crippen molar-refractivity contribution < 1.29 is 9.53 Å². The molecule has 3 rings (SSSR count). The number of aliphatic imine (C=N–C) groups is 1. The van der Waals surface area contributed by atoms with E-state index in [2.05, 4.69) is 4.99 Å². The number of carbonyl (C=O) groups is 1. The average molecular weight is 244 g/mol. The first kappa shape index (κ1) is 11.3. The lowest BCUT2D eigenvalue weighted by Gasteiger charge is -2.38. The fourth-order valence-electron chi connectivity index (χ4n) is 3.09. The maximum atomic E-state index is 12.2. The number of ether oxygens (including phenoxy) is 1. The van der Waals surface area contributed by atoms with Gasteiger partial charge in [0, 0.05) is 5.92 Å². The minimum absolute atomic E-state index is 0.0165. The minimum atomic E-state index is -0.844. The molecule has 1 heterocycles. The van der Waals surface area contributed by atoms with Crippen LogP contribution in [0.2, 0.25) is 0 Å². The van der Waals surface area contributed by atoms with E-state index in [0.717, 1.165) is 24.8 Å². The van der Waals surface area contributed by atoms with Gasteiger partial charge >= 0.3 is 0 Å². The summed E-state index contributed by atoms with van der Waals surface area (Å²) in [5.74, 6) is -0.154. The van der Waals surface area contributed by atoms with Gasteiger partial charge in [-0.2, -0.15) is 4.99 Å². The minimum Gasteiger partial charge on any atom is -0.448 e. The molecule has 18 heavy (non-hydrogen) atoms. The summed E-state index contributed by atoms with van der Waals surface area (Å²) in [6.45, 7) is 0. The van der Waals surface area contributed by atoms with E-state index >= 15 is 0 Å². The van der Waals surface area contributed by atoms with Crippen LogP contribution in [0.15, 0.2) is 35.3 Å². The molecule has 1 amide bonds. The second kappa shape index (κ2) is 4.12. The molecule has 2 aliphatic rings. The second-order valence-corrected chi connectivity index (χ2v) is 4.96. The normalized spacial score (nSPS) is 31.2. The largest absolute Gasteiger partial charge is 0.448 e. The quantitative estimate of drug-likeness (QED) is 0.821. The lowest BCUT2D eigenvalue weighted by atomic mass is 9.71. The summed E-state index contributed by atoms with van der Waals surface area (Å²) >= 11 is 0. The molecule has 0 radical (unpaired) electrons. The third kappa shape index (κ3) is 1.60. The highest BCUT2D eigenvalue weighted by Gasteiger charge is 2.53. The summed E-state index contributed by atoms with van der Waals surface area (Å²) in [7, 11) is 0. The molecule has 2 atom stereocenters. The molecule has 4 nitrogen and oxygen atoms in total. The van der Waals surface area contributed by atoms with E-state index in [1.165, 1.54) is 0 Å². The Hall–Kier alpha value is -1.84. The third-order valence-electron chi connectivity index (χ3n) is 3.92. The number of benzene rings is 1. The van der Waals surface area contributed by atoms with Crippen molar-refractivity contribution in [3.8, 4) is 0 Å². The molecule has 2 unspecified atom stereocenters. The zero-order valence-corrected chi connectivity index (χ0v) is 10.1. The number of nitrogens with two attached hydrogens (primary N) is 1. The van der Waals surface area contributed by atoms with Crippen LogP contribution in [0.1, 0.15) is 37.2 Å². The van der Waals surface area contributed by atoms with E-state index in [-0.39, 0.29) is 17.8 Å². The number of nitrogens with zero attached hydrogens (tertiary/aromatic N) is 1. The molecule has 1 fully saturated rings. The Morgan fingerprint density at radius 1 is 1.28 bits per heavy atom. The summed E-state index contributed by atoms with van der Waals surface area (Å²) in [5.41, 5.74) is 5.87. The first-order chi connectivity index (χ1) is 8.72. The molecule has 1 saturated carbocycles. The molecule has 1 aromatic rings. The van der Waals surface area contributed by atoms with Gasteiger partial charge in [0.25, 0.3) is 11.9 Å². The number of rotatable bonds is 1. The van der Waals surface area contributed by atoms with Crippen LogP contribution in [0.4, 0.5) is 0 Å². The lowest BCUT2D eigenvalue weighted by molar-refractivity contribution is -0.135. The molecule has 1 aliphatic carbocycles. The van der Waals surface area contributed by atoms with Crippen molar-refractivity contribution in [1.82, 2.24) is 0 Å². The SMILES string of the molecule is NC1=NC(=O)C2(CCCCC2c2ccccc2)O1. The zero-order valence-electron chi connectivity index (χ0n) is 10.1. The van der Waals surface area contributed by atoms with Gasteiger partial charge in [0.2, 0.25) is 0 Å². The van der Waals surface area contributed by atoms with E-state index in [0.29, 0.717) is 6.42 Å². The van der Waals surface area contributed by atoms with Crippen molar-refractivity contribution in [1.29, 1.82) is 0 Å². The summed E-state index contributed by atoms with van der Waals surface area (Å²) in [4.78, 5) is 15.9. The molecule has 1 aliphatic heterocycles. The van der Waals surface area contributed by atoms with Gasteiger partial charge in [-0.25, -0.2) is 0 Å². The number of carbonyl (C=O) groups excluding carboxylic acids is 1. The van der Waals surface area contributed by atoms with E-state index < -0.39 is 5.60 Å². The van der Waals surface area contributed by atoms with Crippen molar-refractivity contribution in [2.24, 2.45) is 10.7 Å². The van der Waals surface area contributed by atoms with Crippen molar-refractivity contribution >= 4 is 11.9 Å². The smallest absolute Gasteiger partial charge is 0.295 e. The Balaban J connectivity index is 2.00. The molecular formula is C14H16N2O2. The number of amidine groups is 1. The molecule has 94 valence electrons. The van der Waals surface area contributed by atoms with Crippen LogP contribution < -0.4 is 5.73 Å². The molecule has 0 saturated heterocycles. The number of hydrogen-bond acceptors (Lipinski definition) is 3. The summed E-state index contributed by atoms with van der Waals surface area (Å²) in [6, 6.07) is 10.1. The molecular weight excluding hydrogens is 228 g/mol. The maximum Gasteiger partial charge on any atom is 0.295 e. The summed E-state index contributed by atoms with van der Waals surface area (Å²) < 4.78 is 5.65. The van der Waals surface area contributed by atoms with Crippen LogP contribution in [0.25, 0.3) is 0 Å². The molecule has 4 heteroatoms. The Bertz CT molecular complexity index is 498. The Morgan fingerprint density at radius 3 is 2.72 bits per heavy atom. The Morgan fingerprint density at radius 2 is 2.06 bits per heavy atom. The van der Waals surface area contributed by atoms with Crippen LogP contribution >= 0.6 is 0 Å². The zero-order chi connectivity index (χ0) is 12.6. The van der Waals surface area contributed by atoms with Gasteiger partial charge in [0.15, 0.2) is 5.60 Å². The first-order valence-electron chi connectivity index (χ1n) is 6.35. The van der Waals surface area contributed by atoms with Gasteiger partial charge in [0.05, 0.1) is 0 Å². The summed E-state index contributed by atoms with van der Waals surface area (Å²) in [5, 5.41) is 0. The van der Waals surface area contributed by atoms with Gasteiger partial charge in [0.1, 0.15) is 0 Å². The van der Waals surface area contributed by atoms with Crippen LogP contribution in [0.5, 0.6) is 0 Å². The van der Waals surface area contributed by atoms with Gasteiger partial charge in [-0.3, -0.25) is 4.79 Å². The second-order valence-electron chi connectivity index (χ2n) is 4.96. The van der Waals surface area contributed by atoms with E-state index in [1.54, 1.807) is 0 Å². The predicted octanol–water partition coefficient (Wildman–Crippen LogP) is 1.95. The highest BCUT2D eigenvalue weighted by Crippen LogP contribution is 2.45. The van der Waals surface area contributed by atoms with Crippen LogP contribution in [-0.2, 0) is 9.53 Å². The topological polar surface area (TPSA) is 64.7 Å². The van der Waals surface area contributed by atoms with Crippen LogP contribution in [0, 0.1) is 0 Å². The van der Waals surface area contributed by atoms with E-state index in [1.807, 2.05) is 30.3 Å². The average Bonchev–Trinajstić information content (AvgIpc) is 2.66. The number of amides is 1. The Kier molecular flexibility index (Phi) is 2.58. The molecule has 1 aromatic carbocycles. The third-order valence-corrected chi connectivity index (χ3v) is 3.92. The predicted molar refractivity (Wildman–Crippen MR) is 68.1 cm³/mol. The van der Waals surface area contributed by atoms with Gasteiger partial charge in [-0.15, -0.1) is 0 Å². The van der Waals surface area contributed by atoms with E-state index in [4.69, 9.17) is 10.5 Å². The van der Waals surface area contributed by atoms with Crippen LogP contribution in [0.3, 0.4) is 0 Å². The molecule has 1 spiro atoms. The highest BCUT2D eigenvalue weighted by molar-refractivity contribution is 6.01. The highest BCUT2D eigenvalue weighted by atomic mass is 16.5. The Labute approximate surface area is 106 Å². The molecule has 0 aromatic heterocycles. The van der Waals surface area contributed by atoms with Gasteiger partial charge in [-0.05, 0) is 24.8 Å². The van der Waals surface area contributed by atoms with Crippen molar-refractivity contribution in [3.63, 3.8) is 0 Å².